The molecule has 0 N–H and O–H groups in total. The lowest BCUT2D eigenvalue weighted by atomic mass is 9.99. The number of benzene rings is 1. The zero-order chi connectivity index (χ0) is 20.4. The summed E-state index contributed by atoms with van der Waals surface area (Å²) in [5, 5.41) is -0.380. The number of amides is 1. The van der Waals surface area contributed by atoms with Crippen LogP contribution in [-0.4, -0.2) is 40.5 Å². The largest absolute Gasteiger partial charge is 0.466 e. The molecule has 7 heteroatoms. The lowest BCUT2D eigenvalue weighted by Gasteiger charge is -2.26. The highest BCUT2D eigenvalue weighted by molar-refractivity contribution is 7.99. The van der Waals surface area contributed by atoms with Gasteiger partial charge in [-0.15, -0.1) is 11.8 Å². The van der Waals surface area contributed by atoms with Crippen LogP contribution >= 0.6 is 11.8 Å². The first-order chi connectivity index (χ1) is 13.3. The molecule has 2 aromatic rings. The Morgan fingerprint density at radius 3 is 2.64 bits per heavy atom. The van der Waals surface area contributed by atoms with Gasteiger partial charge in [0.15, 0.2) is 6.10 Å². The Morgan fingerprint density at radius 1 is 1.25 bits per heavy atom. The fraction of sp³-hybridized carbons (Fsp3) is 0.381. The Bertz CT molecular complexity index is 892. The van der Waals surface area contributed by atoms with E-state index in [1.807, 2.05) is 26.0 Å². The highest BCUT2D eigenvalue weighted by Crippen LogP contribution is 2.41. The number of ether oxygens (including phenoxy) is 1. The van der Waals surface area contributed by atoms with E-state index in [0.29, 0.717) is 17.1 Å². The standard InChI is InChI=1S/C21H23NO5S/c1-12-7-8-13(2)16(10-12)19(24)14(3)27-21(25)17-11-28-20(22(17)15(4)23)18-6-5-9-26-18/h5-10,14,17,20H,11H2,1-4H3/t14-,17-,20+/m0/s1. The third-order valence-corrected chi connectivity index (χ3v) is 6.03. The van der Waals surface area contributed by atoms with Gasteiger partial charge >= 0.3 is 5.97 Å². The van der Waals surface area contributed by atoms with E-state index in [1.54, 1.807) is 25.1 Å². The molecular formula is C21H23NO5S. The molecule has 3 atom stereocenters. The van der Waals surface area contributed by atoms with Gasteiger partial charge in [0.1, 0.15) is 17.2 Å². The molecule has 1 fully saturated rings. The van der Waals surface area contributed by atoms with Gasteiger partial charge in [-0.3, -0.25) is 9.59 Å². The molecule has 6 nitrogen and oxygen atoms in total. The number of hydrogen-bond acceptors (Lipinski definition) is 6. The number of hydrogen-bond donors (Lipinski definition) is 0. The van der Waals surface area contributed by atoms with Crippen molar-refractivity contribution in [2.24, 2.45) is 0 Å². The van der Waals surface area contributed by atoms with Gasteiger partial charge in [0.25, 0.3) is 0 Å². The molecule has 0 radical (unpaired) electrons. The van der Waals surface area contributed by atoms with Crippen LogP contribution in [0, 0.1) is 13.8 Å². The molecule has 3 rings (SSSR count). The minimum Gasteiger partial charge on any atom is -0.466 e. The van der Waals surface area contributed by atoms with Crippen LogP contribution in [0.1, 0.15) is 46.5 Å². The maximum atomic E-state index is 12.8. The summed E-state index contributed by atoms with van der Waals surface area (Å²) in [6, 6.07) is 8.35. The third kappa shape index (κ3) is 3.99. The Kier molecular flexibility index (Phi) is 5.93. The fourth-order valence-corrected chi connectivity index (χ4v) is 4.67. The first-order valence-corrected chi connectivity index (χ1v) is 10.1. The molecule has 2 heterocycles. The molecule has 1 aromatic heterocycles. The molecule has 148 valence electrons. The number of carbonyl (C=O) groups is 3. The van der Waals surface area contributed by atoms with Gasteiger partial charge in [-0.05, 0) is 44.5 Å². The van der Waals surface area contributed by atoms with E-state index in [9.17, 15) is 14.4 Å². The molecule has 28 heavy (non-hydrogen) atoms. The van der Waals surface area contributed by atoms with Crippen LogP contribution in [0.5, 0.6) is 0 Å². The Balaban J connectivity index is 1.73. The number of furan rings is 1. The van der Waals surface area contributed by atoms with Gasteiger partial charge in [0.05, 0.1) is 6.26 Å². The minimum atomic E-state index is -0.936. The van der Waals surface area contributed by atoms with Gasteiger partial charge in [0.2, 0.25) is 11.7 Å². The van der Waals surface area contributed by atoms with Crippen molar-refractivity contribution in [2.45, 2.75) is 45.2 Å². The molecular weight excluding hydrogens is 378 g/mol. The van der Waals surface area contributed by atoms with Crippen molar-refractivity contribution in [2.75, 3.05) is 5.75 Å². The van der Waals surface area contributed by atoms with E-state index in [-0.39, 0.29) is 17.1 Å². The highest BCUT2D eigenvalue weighted by Gasteiger charge is 2.43. The van der Waals surface area contributed by atoms with Crippen LogP contribution < -0.4 is 0 Å². The first kappa shape index (κ1) is 20.2. The van der Waals surface area contributed by atoms with E-state index in [2.05, 4.69) is 0 Å². The number of Topliss-reactive ketones (excluding diaryl/α,β-unsaturated/α-hetero) is 1. The van der Waals surface area contributed by atoms with Gasteiger partial charge in [0, 0.05) is 18.2 Å². The normalized spacial score (nSPS) is 20.1. The van der Waals surface area contributed by atoms with E-state index < -0.39 is 18.1 Å². The molecule has 1 aromatic carbocycles. The molecule has 0 bridgehead atoms. The van der Waals surface area contributed by atoms with Crippen molar-refractivity contribution >= 4 is 29.4 Å². The summed E-state index contributed by atoms with van der Waals surface area (Å²) in [7, 11) is 0. The summed E-state index contributed by atoms with van der Waals surface area (Å²) in [6.45, 7) is 6.72. The summed E-state index contributed by atoms with van der Waals surface area (Å²) in [5.74, 6) is -0.0920. The predicted octanol–water partition coefficient (Wildman–Crippen LogP) is 3.67. The number of ketones is 1. The van der Waals surface area contributed by atoms with Crippen molar-refractivity contribution in [3.05, 3.63) is 59.0 Å². The van der Waals surface area contributed by atoms with Crippen LogP contribution in [-0.2, 0) is 14.3 Å². The van der Waals surface area contributed by atoms with Crippen molar-refractivity contribution in [1.82, 2.24) is 4.90 Å². The second kappa shape index (κ2) is 8.22. The van der Waals surface area contributed by atoms with E-state index in [1.165, 1.54) is 29.8 Å². The van der Waals surface area contributed by atoms with E-state index >= 15 is 0 Å². The van der Waals surface area contributed by atoms with Crippen molar-refractivity contribution in [3.63, 3.8) is 0 Å². The second-order valence-corrected chi connectivity index (χ2v) is 8.02. The summed E-state index contributed by atoms with van der Waals surface area (Å²) in [5.41, 5.74) is 2.33. The zero-order valence-corrected chi connectivity index (χ0v) is 17.1. The quantitative estimate of drug-likeness (QED) is 0.562. The van der Waals surface area contributed by atoms with Gasteiger partial charge in [-0.25, -0.2) is 4.79 Å². The summed E-state index contributed by atoms with van der Waals surface area (Å²) in [4.78, 5) is 39.2. The lowest BCUT2D eigenvalue weighted by Crippen LogP contribution is -2.44. The fourth-order valence-electron chi connectivity index (χ4n) is 3.25. The number of rotatable bonds is 5. The Morgan fingerprint density at radius 2 is 2.00 bits per heavy atom. The number of esters is 1. The van der Waals surface area contributed by atoms with Crippen LogP contribution in [0.4, 0.5) is 0 Å². The molecule has 1 amide bonds. The number of aryl methyl sites for hydroxylation is 2. The summed E-state index contributed by atoms with van der Waals surface area (Å²) in [6.07, 6.45) is 0.597. The summed E-state index contributed by atoms with van der Waals surface area (Å²) < 4.78 is 10.9. The van der Waals surface area contributed by atoms with E-state index in [0.717, 1.165) is 11.1 Å². The van der Waals surface area contributed by atoms with Gasteiger partial charge in [-0.2, -0.15) is 0 Å². The molecule has 0 saturated carbocycles. The van der Waals surface area contributed by atoms with Crippen LogP contribution in [0.25, 0.3) is 0 Å². The van der Waals surface area contributed by atoms with E-state index in [4.69, 9.17) is 9.15 Å². The maximum Gasteiger partial charge on any atom is 0.330 e. The van der Waals surface area contributed by atoms with Gasteiger partial charge in [-0.1, -0.05) is 17.7 Å². The Hall–Kier alpha value is -2.54. The highest BCUT2D eigenvalue weighted by atomic mass is 32.2. The zero-order valence-electron chi connectivity index (χ0n) is 16.3. The van der Waals surface area contributed by atoms with Crippen molar-refractivity contribution in [3.8, 4) is 0 Å². The van der Waals surface area contributed by atoms with Crippen LogP contribution in [0.2, 0.25) is 0 Å². The minimum absolute atomic E-state index is 0.248. The van der Waals surface area contributed by atoms with Crippen LogP contribution in [0.3, 0.4) is 0 Å². The number of carbonyl (C=O) groups excluding carboxylic acids is 3. The molecule has 0 aliphatic carbocycles. The predicted molar refractivity (Wildman–Crippen MR) is 106 cm³/mol. The SMILES string of the molecule is CC(=O)N1[C@@H](c2ccco2)SC[C@H]1C(=O)O[C@@H](C)C(=O)c1cc(C)ccc1C. The van der Waals surface area contributed by atoms with Gasteiger partial charge < -0.3 is 14.1 Å². The maximum absolute atomic E-state index is 12.8. The molecule has 1 saturated heterocycles. The third-order valence-electron chi connectivity index (χ3n) is 4.74. The molecule has 0 spiro atoms. The number of nitrogens with zero attached hydrogens (tertiary/aromatic N) is 1. The monoisotopic (exact) mass is 401 g/mol. The lowest BCUT2D eigenvalue weighted by molar-refractivity contribution is -0.155. The molecule has 1 aliphatic heterocycles. The average molecular weight is 401 g/mol. The average Bonchev–Trinajstić information content (AvgIpc) is 3.31. The number of thioether (sulfide) groups is 1. The smallest absolute Gasteiger partial charge is 0.330 e. The first-order valence-electron chi connectivity index (χ1n) is 9.05. The van der Waals surface area contributed by atoms with Crippen molar-refractivity contribution in [1.29, 1.82) is 0 Å². The van der Waals surface area contributed by atoms with Crippen molar-refractivity contribution < 1.29 is 23.5 Å². The topological polar surface area (TPSA) is 76.8 Å². The Labute approximate surface area is 168 Å². The second-order valence-electron chi connectivity index (χ2n) is 6.90. The summed E-state index contributed by atoms with van der Waals surface area (Å²) >= 11 is 1.43. The molecule has 1 aliphatic rings. The van der Waals surface area contributed by atoms with Crippen LogP contribution in [0.15, 0.2) is 41.0 Å². The molecule has 0 unspecified atom stereocenters.